The highest BCUT2D eigenvalue weighted by Gasteiger charge is 2.69. The molecule has 10 heteroatoms. The Bertz CT molecular complexity index is 1310. The minimum atomic E-state index is -3.92. The molecule has 2 aliphatic rings. The third-order valence-corrected chi connectivity index (χ3v) is 9.07. The second-order valence-electron chi connectivity index (χ2n) is 10.3. The standard InChI is InChI=1S/C25H28ClN3O5S/c1-24(2)21(25(24,3)4)23(32)28(14-15-7-5-6-8-18(15)26)19-13-20(30)29(22(19)31)16-9-11-17(12-10-16)35(27,33)34/h5-12,19,21H,13-14H2,1-4H3,(H2,27,33,34). The Kier molecular flexibility index (Phi) is 6.10. The topological polar surface area (TPSA) is 118 Å². The van der Waals surface area contributed by atoms with Gasteiger partial charge in [0.1, 0.15) is 6.04 Å². The van der Waals surface area contributed by atoms with Crippen LogP contribution < -0.4 is 10.0 Å². The van der Waals surface area contributed by atoms with Crippen molar-refractivity contribution >= 4 is 45.0 Å². The van der Waals surface area contributed by atoms with Crippen LogP contribution in [0.5, 0.6) is 0 Å². The minimum Gasteiger partial charge on any atom is -0.325 e. The predicted molar refractivity (Wildman–Crippen MR) is 132 cm³/mol. The van der Waals surface area contributed by atoms with E-state index in [1.807, 2.05) is 27.7 Å². The molecule has 186 valence electrons. The molecule has 1 saturated carbocycles. The second-order valence-corrected chi connectivity index (χ2v) is 12.2. The van der Waals surface area contributed by atoms with Crippen molar-refractivity contribution in [3.8, 4) is 0 Å². The number of imide groups is 1. The van der Waals surface area contributed by atoms with Gasteiger partial charge in [-0.25, -0.2) is 18.5 Å². The van der Waals surface area contributed by atoms with Crippen molar-refractivity contribution in [1.82, 2.24) is 4.90 Å². The van der Waals surface area contributed by atoms with Crippen LogP contribution in [0.3, 0.4) is 0 Å². The summed E-state index contributed by atoms with van der Waals surface area (Å²) in [4.78, 5) is 42.6. The average molecular weight is 518 g/mol. The molecule has 1 unspecified atom stereocenters. The Labute approximate surface area is 210 Å². The highest BCUT2D eigenvalue weighted by Crippen LogP contribution is 2.69. The van der Waals surface area contributed by atoms with Crippen molar-refractivity contribution in [3.05, 3.63) is 59.1 Å². The van der Waals surface area contributed by atoms with Crippen LogP contribution in [0, 0.1) is 16.7 Å². The minimum absolute atomic E-state index is 0.0864. The fourth-order valence-electron chi connectivity index (χ4n) is 5.05. The van der Waals surface area contributed by atoms with E-state index in [4.69, 9.17) is 16.7 Å². The van der Waals surface area contributed by atoms with Gasteiger partial charge in [0.05, 0.1) is 17.0 Å². The number of benzene rings is 2. The van der Waals surface area contributed by atoms with Gasteiger partial charge in [0.15, 0.2) is 0 Å². The molecule has 1 heterocycles. The molecule has 2 N–H and O–H groups in total. The number of rotatable bonds is 6. The summed E-state index contributed by atoms with van der Waals surface area (Å²) in [6, 6.07) is 11.3. The molecular weight excluding hydrogens is 490 g/mol. The lowest BCUT2D eigenvalue weighted by atomic mass is 10.0. The van der Waals surface area contributed by atoms with Crippen molar-refractivity contribution in [2.75, 3.05) is 4.90 Å². The van der Waals surface area contributed by atoms with Gasteiger partial charge in [-0.05, 0) is 46.7 Å². The zero-order chi connectivity index (χ0) is 25.9. The molecule has 35 heavy (non-hydrogen) atoms. The molecule has 4 rings (SSSR count). The molecule has 1 aliphatic carbocycles. The monoisotopic (exact) mass is 517 g/mol. The predicted octanol–water partition coefficient (Wildman–Crippen LogP) is 3.33. The molecule has 1 atom stereocenters. The number of nitrogens with two attached hydrogens (primary N) is 1. The molecular formula is C25H28ClN3O5S. The third-order valence-electron chi connectivity index (χ3n) is 7.77. The van der Waals surface area contributed by atoms with Crippen LogP contribution in [-0.4, -0.2) is 37.1 Å². The van der Waals surface area contributed by atoms with Gasteiger partial charge in [-0.1, -0.05) is 57.5 Å². The van der Waals surface area contributed by atoms with Gasteiger partial charge in [-0.3, -0.25) is 14.4 Å². The highest BCUT2D eigenvalue weighted by molar-refractivity contribution is 7.89. The van der Waals surface area contributed by atoms with Crippen LogP contribution in [0.25, 0.3) is 0 Å². The highest BCUT2D eigenvalue weighted by atomic mass is 35.5. The summed E-state index contributed by atoms with van der Waals surface area (Å²) in [6.45, 7) is 8.16. The van der Waals surface area contributed by atoms with Crippen LogP contribution in [0.4, 0.5) is 5.69 Å². The van der Waals surface area contributed by atoms with E-state index in [0.717, 1.165) is 4.90 Å². The summed E-state index contributed by atoms with van der Waals surface area (Å²) >= 11 is 6.37. The molecule has 8 nitrogen and oxygen atoms in total. The summed E-state index contributed by atoms with van der Waals surface area (Å²) in [6.07, 6.45) is -0.181. The van der Waals surface area contributed by atoms with E-state index in [2.05, 4.69) is 0 Å². The molecule has 2 aromatic rings. The van der Waals surface area contributed by atoms with Gasteiger partial charge in [-0.15, -0.1) is 0 Å². The van der Waals surface area contributed by atoms with Gasteiger partial charge < -0.3 is 4.90 Å². The maximum atomic E-state index is 13.8. The zero-order valence-corrected chi connectivity index (χ0v) is 21.6. The van der Waals surface area contributed by atoms with Crippen LogP contribution >= 0.6 is 11.6 Å². The molecule has 1 saturated heterocycles. The number of sulfonamides is 1. The Hall–Kier alpha value is -2.75. The number of hydrogen-bond donors (Lipinski definition) is 1. The summed E-state index contributed by atoms with van der Waals surface area (Å²) in [5.41, 5.74) is 0.359. The first kappa shape index (κ1) is 25.3. The first-order valence-electron chi connectivity index (χ1n) is 11.2. The number of anilines is 1. The lowest BCUT2D eigenvalue weighted by Gasteiger charge is -2.29. The SMILES string of the molecule is CC1(C)C(C(=O)N(Cc2ccccc2Cl)C2CC(=O)N(c3ccc(S(N)(=O)=O)cc3)C2=O)C1(C)C. The summed E-state index contributed by atoms with van der Waals surface area (Å²) in [5.74, 6) is -1.54. The lowest BCUT2D eigenvalue weighted by molar-refractivity contribution is -0.141. The first-order chi connectivity index (χ1) is 16.2. The maximum Gasteiger partial charge on any atom is 0.257 e. The van der Waals surface area contributed by atoms with Crippen molar-refractivity contribution in [2.45, 2.75) is 51.6 Å². The van der Waals surface area contributed by atoms with E-state index < -0.39 is 27.9 Å². The Morgan fingerprint density at radius 1 is 1.06 bits per heavy atom. The van der Waals surface area contributed by atoms with E-state index in [1.165, 1.54) is 29.2 Å². The van der Waals surface area contributed by atoms with E-state index in [0.29, 0.717) is 10.6 Å². The molecule has 2 fully saturated rings. The molecule has 1 aliphatic heterocycles. The summed E-state index contributed by atoms with van der Waals surface area (Å²) < 4.78 is 23.1. The van der Waals surface area contributed by atoms with Gasteiger partial charge >= 0.3 is 0 Å². The van der Waals surface area contributed by atoms with E-state index in [-0.39, 0.29) is 46.2 Å². The quantitative estimate of drug-likeness (QED) is 0.590. The van der Waals surface area contributed by atoms with Crippen molar-refractivity contribution < 1.29 is 22.8 Å². The molecule has 3 amide bonds. The maximum absolute atomic E-state index is 13.8. The number of nitrogens with zero attached hydrogens (tertiary/aromatic N) is 2. The second kappa shape index (κ2) is 8.43. The van der Waals surface area contributed by atoms with E-state index >= 15 is 0 Å². The fourth-order valence-corrected chi connectivity index (χ4v) is 5.76. The number of carbonyl (C=O) groups is 3. The summed E-state index contributed by atoms with van der Waals surface area (Å²) in [7, 11) is -3.92. The number of halogens is 1. The average Bonchev–Trinajstić information content (AvgIpc) is 3.00. The molecule has 0 bridgehead atoms. The van der Waals surface area contributed by atoms with Gasteiger partial charge in [0.25, 0.3) is 5.91 Å². The Morgan fingerprint density at radius 2 is 1.63 bits per heavy atom. The largest absolute Gasteiger partial charge is 0.325 e. The Balaban J connectivity index is 1.68. The first-order valence-corrected chi connectivity index (χ1v) is 13.1. The molecule has 0 aromatic heterocycles. The van der Waals surface area contributed by atoms with Crippen LogP contribution in [0.2, 0.25) is 5.02 Å². The zero-order valence-electron chi connectivity index (χ0n) is 20.0. The van der Waals surface area contributed by atoms with E-state index in [1.54, 1.807) is 24.3 Å². The Morgan fingerprint density at radius 3 is 2.14 bits per heavy atom. The lowest BCUT2D eigenvalue weighted by Crippen LogP contribution is -2.46. The van der Waals surface area contributed by atoms with Crippen LogP contribution in [0.1, 0.15) is 39.7 Å². The van der Waals surface area contributed by atoms with Gasteiger partial charge in [-0.2, -0.15) is 0 Å². The molecule has 0 radical (unpaired) electrons. The van der Waals surface area contributed by atoms with Crippen LogP contribution in [-0.2, 0) is 31.0 Å². The van der Waals surface area contributed by atoms with Gasteiger partial charge in [0, 0.05) is 17.5 Å². The third kappa shape index (κ3) is 4.26. The number of hydrogen-bond acceptors (Lipinski definition) is 5. The fraction of sp³-hybridized carbons (Fsp3) is 0.400. The van der Waals surface area contributed by atoms with Gasteiger partial charge in [0.2, 0.25) is 21.8 Å². The summed E-state index contributed by atoms with van der Waals surface area (Å²) in [5, 5.41) is 5.61. The van der Waals surface area contributed by atoms with Crippen molar-refractivity contribution in [1.29, 1.82) is 0 Å². The number of amides is 3. The molecule has 0 spiro atoms. The van der Waals surface area contributed by atoms with Crippen molar-refractivity contribution in [3.63, 3.8) is 0 Å². The number of primary sulfonamides is 1. The van der Waals surface area contributed by atoms with Crippen molar-refractivity contribution in [2.24, 2.45) is 21.9 Å². The van der Waals surface area contributed by atoms with E-state index in [9.17, 15) is 22.8 Å². The molecule has 2 aromatic carbocycles. The smallest absolute Gasteiger partial charge is 0.257 e. The van der Waals surface area contributed by atoms with Crippen LogP contribution in [0.15, 0.2) is 53.4 Å². The number of carbonyl (C=O) groups excluding carboxylic acids is 3. The normalized spacial score (nSPS) is 21.3.